The van der Waals surface area contributed by atoms with Crippen LogP contribution < -0.4 is 4.89 Å². The highest BCUT2D eigenvalue weighted by Gasteiger charge is 2.25. The van der Waals surface area contributed by atoms with E-state index in [1.54, 1.807) is 0 Å². The van der Waals surface area contributed by atoms with Crippen LogP contribution in [-0.4, -0.2) is 70.0 Å². The van der Waals surface area contributed by atoms with Crippen molar-refractivity contribution in [1.82, 2.24) is 0 Å². The molecule has 0 heterocycles. The smallest absolute Gasteiger partial charge is 0.309 e. The van der Waals surface area contributed by atoms with Gasteiger partial charge >= 0.3 is 11.9 Å². The van der Waals surface area contributed by atoms with Gasteiger partial charge in [-0.25, -0.2) is 0 Å². The van der Waals surface area contributed by atoms with Crippen molar-refractivity contribution in [3.63, 3.8) is 0 Å². The number of hydrogen-bond donors (Lipinski definition) is 0. The van der Waals surface area contributed by atoms with Crippen LogP contribution in [0.15, 0.2) is 0 Å². The summed E-state index contributed by atoms with van der Waals surface area (Å²) in [5.41, 5.74) is 0. The van der Waals surface area contributed by atoms with E-state index in [4.69, 9.17) is 18.5 Å². The van der Waals surface area contributed by atoms with Crippen molar-refractivity contribution in [2.75, 3.05) is 47.5 Å². The van der Waals surface area contributed by atoms with Crippen LogP contribution in [0.25, 0.3) is 0 Å². The van der Waals surface area contributed by atoms with E-state index in [1.165, 1.54) is 77.0 Å². The van der Waals surface area contributed by atoms with E-state index in [0.29, 0.717) is 35.7 Å². The van der Waals surface area contributed by atoms with Crippen LogP contribution in [-0.2, 0) is 32.7 Å². The van der Waals surface area contributed by atoms with Crippen molar-refractivity contribution in [2.45, 2.75) is 191 Å². The second kappa shape index (κ2) is 31.0. The molecule has 0 aromatic rings. The summed E-state index contributed by atoms with van der Waals surface area (Å²) in [4.78, 5) is 38.7. The van der Waals surface area contributed by atoms with Crippen molar-refractivity contribution < 1.29 is 42.1 Å². The summed E-state index contributed by atoms with van der Waals surface area (Å²) in [5, 5.41) is 0. The fraction of sp³-hybridized carbons (Fsp3) is 0.957. The molecule has 56 heavy (non-hydrogen) atoms. The Balaban J connectivity index is 4.91. The SMILES string of the molecule is CC(C)CCCC(C)CCCC(C)CCCC(C)C(=O)OC[C@H](COP(=O)([O-])OCC[N+](C)(C)C)OC(=O)C(C)CCCC(C)CCCC(C)CCCC(C)C. The highest BCUT2D eigenvalue weighted by molar-refractivity contribution is 7.45. The maximum absolute atomic E-state index is 13.2. The van der Waals surface area contributed by atoms with E-state index >= 15 is 0 Å². The average Bonchev–Trinajstić information content (AvgIpc) is 3.08. The van der Waals surface area contributed by atoms with Crippen LogP contribution in [0.2, 0.25) is 0 Å². The van der Waals surface area contributed by atoms with Crippen molar-refractivity contribution in [3.8, 4) is 0 Å². The summed E-state index contributed by atoms with van der Waals surface area (Å²) in [6.07, 6.45) is 19.6. The Morgan fingerprint density at radius 2 is 0.875 bits per heavy atom. The lowest BCUT2D eigenvalue weighted by atomic mass is 9.91. The van der Waals surface area contributed by atoms with E-state index < -0.39 is 26.5 Å². The summed E-state index contributed by atoms with van der Waals surface area (Å²) in [7, 11) is 1.14. The number of ether oxygens (including phenoxy) is 2. The molecule has 0 aliphatic carbocycles. The Hall–Kier alpha value is -0.990. The molecule has 0 saturated heterocycles. The van der Waals surface area contributed by atoms with E-state index in [2.05, 4.69) is 55.4 Å². The molecule has 0 N–H and O–H groups in total. The molecule has 0 aliphatic heterocycles. The lowest BCUT2D eigenvalue weighted by Crippen LogP contribution is -2.37. The Morgan fingerprint density at radius 1 is 0.518 bits per heavy atom. The standard InChI is InChI=1S/C46H92NO8P/c1-36(2)20-14-22-38(5)24-16-26-40(7)28-18-30-42(9)45(48)52-34-44(35-54-56(50,51)53-33-32-47(11,12)13)55-46(49)43(10)31-19-29-41(8)27-17-25-39(6)23-15-21-37(3)4/h36-44H,14-35H2,1-13H3/t38?,39?,40?,41?,42?,43?,44-/m1/s1. The molecular formula is C46H92NO8P. The average molecular weight is 818 g/mol. The van der Waals surface area contributed by atoms with Crippen LogP contribution in [0.4, 0.5) is 0 Å². The normalized spacial score (nSPS) is 17.2. The molecule has 10 heteroatoms. The number of carbonyl (C=O) groups is 2. The molecule has 0 amide bonds. The number of phosphoric ester groups is 1. The molecule has 0 radical (unpaired) electrons. The quantitative estimate of drug-likeness (QED) is 0.0349. The van der Waals surface area contributed by atoms with Crippen LogP contribution in [0, 0.1) is 47.3 Å². The van der Waals surface area contributed by atoms with E-state index in [-0.39, 0.29) is 31.0 Å². The van der Waals surface area contributed by atoms with Gasteiger partial charge in [-0.1, -0.05) is 172 Å². The molecule has 0 bridgehead atoms. The molecule has 8 atom stereocenters. The van der Waals surface area contributed by atoms with Gasteiger partial charge in [0.15, 0.2) is 6.10 Å². The molecule has 0 spiro atoms. The molecule has 334 valence electrons. The zero-order valence-electron chi connectivity index (χ0n) is 38.9. The predicted molar refractivity (Wildman–Crippen MR) is 231 cm³/mol. The zero-order chi connectivity index (χ0) is 42.7. The molecule has 0 saturated carbocycles. The minimum Gasteiger partial charge on any atom is -0.756 e. The number of carbonyl (C=O) groups excluding carboxylic acids is 2. The van der Waals surface area contributed by atoms with E-state index in [0.717, 1.165) is 49.4 Å². The Bertz CT molecular complexity index is 1050. The number of rotatable bonds is 36. The summed E-state index contributed by atoms with van der Waals surface area (Å²) < 4.78 is 34.6. The first-order valence-corrected chi connectivity index (χ1v) is 24.3. The highest BCUT2D eigenvalue weighted by atomic mass is 31.2. The van der Waals surface area contributed by atoms with Gasteiger partial charge in [-0.2, -0.15) is 0 Å². The fourth-order valence-electron chi connectivity index (χ4n) is 7.09. The maximum Gasteiger partial charge on any atom is 0.309 e. The predicted octanol–water partition coefficient (Wildman–Crippen LogP) is 11.8. The molecule has 0 aliphatic rings. The number of esters is 2. The molecular weight excluding hydrogens is 725 g/mol. The Morgan fingerprint density at radius 3 is 1.25 bits per heavy atom. The van der Waals surface area contributed by atoms with Crippen molar-refractivity contribution in [2.24, 2.45) is 47.3 Å². The summed E-state index contributed by atoms with van der Waals surface area (Å²) in [5.74, 6) is 2.77. The van der Waals surface area contributed by atoms with Gasteiger partial charge in [-0.05, 0) is 48.3 Å². The van der Waals surface area contributed by atoms with Gasteiger partial charge < -0.3 is 27.9 Å². The zero-order valence-corrected chi connectivity index (χ0v) is 39.8. The number of likely N-dealkylation sites (N-methyl/N-ethyl adjacent to an activating group) is 1. The van der Waals surface area contributed by atoms with Crippen LogP contribution >= 0.6 is 7.82 Å². The first-order valence-electron chi connectivity index (χ1n) is 22.9. The minimum absolute atomic E-state index is 0.0375. The molecule has 0 aromatic carbocycles. The summed E-state index contributed by atoms with van der Waals surface area (Å²) >= 11 is 0. The fourth-order valence-corrected chi connectivity index (χ4v) is 7.82. The minimum atomic E-state index is -4.66. The van der Waals surface area contributed by atoms with Gasteiger partial charge in [0.1, 0.15) is 19.8 Å². The molecule has 0 aromatic heterocycles. The molecule has 7 unspecified atom stereocenters. The largest absolute Gasteiger partial charge is 0.756 e. The first kappa shape index (κ1) is 55.0. The lowest BCUT2D eigenvalue weighted by Gasteiger charge is -2.28. The van der Waals surface area contributed by atoms with Crippen molar-refractivity contribution in [3.05, 3.63) is 0 Å². The number of hydrogen-bond acceptors (Lipinski definition) is 8. The third-order valence-electron chi connectivity index (χ3n) is 11.3. The molecule has 0 rings (SSSR count). The van der Waals surface area contributed by atoms with Crippen molar-refractivity contribution in [1.29, 1.82) is 0 Å². The second-order valence-electron chi connectivity index (χ2n) is 19.9. The van der Waals surface area contributed by atoms with E-state index in [1.807, 2.05) is 35.0 Å². The van der Waals surface area contributed by atoms with Gasteiger partial charge in [-0.15, -0.1) is 0 Å². The third kappa shape index (κ3) is 32.9. The first-order chi connectivity index (χ1) is 26.1. The Kier molecular flexibility index (Phi) is 30.4. The second-order valence-corrected chi connectivity index (χ2v) is 21.3. The topological polar surface area (TPSA) is 111 Å². The van der Waals surface area contributed by atoms with Gasteiger partial charge in [0.05, 0.1) is 39.6 Å². The number of quaternary nitrogens is 1. The molecule has 0 fully saturated rings. The van der Waals surface area contributed by atoms with Crippen LogP contribution in [0.5, 0.6) is 0 Å². The van der Waals surface area contributed by atoms with Crippen LogP contribution in [0.3, 0.4) is 0 Å². The number of phosphoric acid groups is 1. The summed E-state index contributed by atoms with van der Waals surface area (Å²) in [6, 6.07) is 0. The van der Waals surface area contributed by atoms with Gasteiger partial charge in [0, 0.05) is 0 Å². The number of nitrogens with zero attached hydrogens (tertiary/aromatic N) is 1. The van der Waals surface area contributed by atoms with Gasteiger partial charge in [0.25, 0.3) is 7.82 Å². The van der Waals surface area contributed by atoms with Gasteiger partial charge in [0.2, 0.25) is 0 Å². The lowest BCUT2D eigenvalue weighted by molar-refractivity contribution is -0.870. The van der Waals surface area contributed by atoms with Gasteiger partial charge in [-0.3, -0.25) is 14.2 Å². The van der Waals surface area contributed by atoms with Crippen molar-refractivity contribution >= 4 is 19.8 Å². The molecule has 9 nitrogen and oxygen atoms in total. The van der Waals surface area contributed by atoms with Crippen LogP contribution in [0.1, 0.15) is 185 Å². The monoisotopic (exact) mass is 818 g/mol. The maximum atomic E-state index is 13.2. The Labute approximate surface area is 346 Å². The highest BCUT2D eigenvalue weighted by Crippen LogP contribution is 2.38. The van der Waals surface area contributed by atoms with E-state index in [9.17, 15) is 19.0 Å². The third-order valence-corrected chi connectivity index (χ3v) is 12.3. The summed E-state index contributed by atoms with van der Waals surface area (Å²) in [6.45, 7) is 21.8.